The van der Waals surface area contributed by atoms with E-state index in [9.17, 15) is 0 Å². The number of pyridine rings is 1. The Hall–Kier alpha value is -0.0600. The first-order valence-corrected chi connectivity index (χ1v) is 5.20. The lowest BCUT2D eigenvalue weighted by Gasteiger charge is -1.99. The van der Waals surface area contributed by atoms with E-state index < -0.39 is 0 Å². The van der Waals surface area contributed by atoms with E-state index >= 15 is 0 Å². The molecule has 1 aromatic rings. The average molecular weight is 233 g/mol. The molecule has 0 atom stereocenters. The van der Waals surface area contributed by atoms with Gasteiger partial charge in [0.05, 0.1) is 0 Å². The molecule has 0 spiro atoms. The molecule has 0 amide bonds. The second-order valence-corrected chi connectivity index (χ2v) is 3.65. The minimum atomic E-state index is 0.855. The van der Waals surface area contributed by atoms with Crippen LogP contribution < -0.4 is 4.72 Å². The van der Waals surface area contributed by atoms with Gasteiger partial charge in [-0.1, -0.05) is 11.9 Å². The van der Waals surface area contributed by atoms with Crippen LogP contribution in [0.4, 0.5) is 0 Å². The van der Waals surface area contributed by atoms with Gasteiger partial charge in [0.2, 0.25) is 0 Å². The Morgan fingerprint density at radius 3 is 3.09 bits per heavy atom. The summed E-state index contributed by atoms with van der Waals surface area (Å²) in [4.78, 5) is 4.04. The Kier molecular flexibility index (Phi) is 3.90. The van der Waals surface area contributed by atoms with Gasteiger partial charge in [-0.05, 0) is 33.8 Å². The molecular formula is C7H9BrN2S. The number of rotatable bonds is 3. The maximum Gasteiger partial charge on any atom is 0.0410 e. The van der Waals surface area contributed by atoms with E-state index in [-0.39, 0.29) is 0 Å². The summed E-state index contributed by atoms with van der Waals surface area (Å²) in [6.07, 6.45) is 5.64. The van der Waals surface area contributed by atoms with Gasteiger partial charge in [-0.25, -0.2) is 0 Å². The monoisotopic (exact) mass is 232 g/mol. The quantitative estimate of drug-likeness (QED) is 0.810. The number of aromatic nitrogens is 1. The number of hydrogen-bond donors (Lipinski definition) is 1. The first-order chi connectivity index (χ1) is 5.33. The van der Waals surface area contributed by atoms with Crippen LogP contribution in [0.5, 0.6) is 0 Å². The highest BCUT2D eigenvalue weighted by molar-refractivity contribution is 9.10. The van der Waals surface area contributed by atoms with Crippen LogP contribution in [-0.2, 0) is 6.54 Å². The van der Waals surface area contributed by atoms with Crippen molar-refractivity contribution in [1.29, 1.82) is 0 Å². The van der Waals surface area contributed by atoms with E-state index in [0.717, 1.165) is 11.0 Å². The maximum absolute atomic E-state index is 4.04. The molecule has 1 heterocycles. The molecule has 1 N–H and O–H groups in total. The summed E-state index contributed by atoms with van der Waals surface area (Å²) >= 11 is 4.97. The number of halogens is 1. The van der Waals surface area contributed by atoms with Crippen LogP contribution in [0.2, 0.25) is 0 Å². The van der Waals surface area contributed by atoms with Gasteiger partial charge in [-0.3, -0.25) is 9.71 Å². The SMILES string of the molecule is CSNCc1cncc(Br)c1. The van der Waals surface area contributed by atoms with E-state index in [4.69, 9.17) is 0 Å². The summed E-state index contributed by atoms with van der Waals surface area (Å²) in [5.41, 5.74) is 1.19. The summed E-state index contributed by atoms with van der Waals surface area (Å²) in [6.45, 7) is 0.855. The Labute approximate surface area is 79.1 Å². The predicted molar refractivity (Wildman–Crippen MR) is 52.3 cm³/mol. The highest BCUT2D eigenvalue weighted by Crippen LogP contribution is 2.09. The summed E-state index contributed by atoms with van der Waals surface area (Å²) in [5, 5.41) is 0. The molecule has 11 heavy (non-hydrogen) atoms. The third-order valence-corrected chi connectivity index (χ3v) is 2.05. The lowest BCUT2D eigenvalue weighted by atomic mass is 10.3. The van der Waals surface area contributed by atoms with Crippen molar-refractivity contribution in [3.8, 4) is 0 Å². The van der Waals surface area contributed by atoms with Crippen LogP contribution in [0, 0.1) is 0 Å². The topological polar surface area (TPSA) is 24.9 Å². The Morgan fingerprint density at radius 1 is 1.64 bits per heavy atom. The predicted octanol–water partition coefficient (Wildman–Crippen LogP) is 2.21. The fourth-order valence-corrected chi connectivity index (χ4v) is 1.43. The van der Waals surface area contributed by atoms with Crippen molar-refractivity contribution in [2.45, 2.75) is 6.54 Å². The minimum absolute atomic E-state index is 0.855. The smallest absolute Gasteiger partial charge is 0.0410 e. The lowest BCUT2D eigenvalue weighted by molar-refractivity contribution is 0.964. The third kappa shape index (κ3) is 3.22. The third-order valence-electron chi connectivity index (χ3n) is 1.18. The highest BCUT2D eigenvalue weighted by atomic mass is 79.9. The van der Waals surface area contributed by atoms with Gasteiger partial charge in [-0.15, -0.1) is 0 Å². The highest BCUT2D eigenvalue weighted by Gasteiger charge is 1.92. The molecule has 4 heteroatoms. The molecule has 1 aromatic heterocycles. The van der Waals surface area contributed by atoms with Crippen LogP contribution in [0.15, 0.2) is 22.9 Å². The van der Waals surface area contributed by atoms with Crippen molar-refractivity contribution in [1.82, 2.24) is 9.71 Å². The van der Waals surface area contributed by atoms with Gasteiger partial charge in [0.1, 0.15) is 0 Å². The Balaban J connectivity index is 2.56. The van der Waals surface area contributed by atoms with E-state index in [1.807, 2.05) is 12.5 Å². The summed E-state index contributed by atoms with van der Waals surface area (Å²) in [6, 6.07) is 2.05. The molecule has 1 rings (SSSR count). The van der Waals surface area contributed by atoms with Crippen LogP contribution >= 0.6 is 27.9 Å². The van der Waals surface area contributed by atoms with Crippen molar-refractivity contribution < 1.29 is 0 Å². The molecule has 0 aliphatic heterocycles. The van der Waals surface area contributed by atoms with E-state index in [0.29, 0.717) is 0 Å². The summed E-state index contributed by atoms with van der Waals surface area (Å²) in [5.74, 6) is 0. The first-order valence-electron chi connectivity index (χ1n) is 3.18. The fourth-order valence-electron chi connectivity index (χ4n) is 0.708. The van der Waals surface area contributed by atoms with Gasteiger partial charge in [0, 0.05) is 23.4 Å². The number of nitrogens with one attached hydrogen (secondary N) is 1. The minimum Gasteiger partial charge on any atom is -0.263 e. The Morgan fingerprint density at radius 2 is 2.45 bits per heavy atom. The molecule has 60 valence electrons. The van der Waals surface area contributed by atoms with Gasteiger partial charge in [-0.2, -0.15) is 0 Å². The normalized spacial score (nSPS) is 10.0. The molecule has 0 saturated heterocycles. The van der Waals surface area contributed by atoms with E-state index in [1.165, 1.54) is 5.56 Å². The average Bonchev–Trinajstić information content (AvgIpc) is 2.01. The van der Waals surface area contributed by atoms with Crippen molar-refractivity contribution >= 4 is 27.9 Å². The van der Waals surface area contributed by atoms with Crippen LogP contribution in [-0.4, -0.2) is 11.2 Å². The zero-order chi connectivity index (χ0) is 8.10. The standard InChI is InChI=1S/C7H9BrN2S/c1-11-10-4-6-2-7(8)5-9-3-6/h2-3,5,10H,4H2,1H3. The van der Waals surface area contributed by atoms with Crippen molar-refractivity contribution in [2.75, 3.05) is 6.26 Å². The van der Waals surface area contributed by atoms with Gasteiger partial charge in [0.25, 0.3) is 0 Å². The van der Waals surface area contributed by atoms with Crippen LogP contribution in [0.25, 0.3) is 0 Å². The van der Waals surface area contributed by atoms with Gasteiger partial charge < -0.3 is 0 Å². The first kappa shape index (κ1) is 9.03. The molecular weight excluding hydrogens is 224 g/mol. The number of nitrogens with zero attached hydrogens (tertiary/aromatic N) is 1. The second kappa shape index (κ2) is 4.74. The van der Waals surface area contributed by atoms with Gasteiger partial charge >= 0.3 is 0 Å². The molecule has 0 aliphatic carbocycles. The fraction of sp³-hybridized carbons (Fsp3) is 0.286. The summed E-state index contributed by atoms with van der Waals surface area (Å²) in [7, 11) is 0. The molecule has 0 saturated carbocycles. The lowest BCUT2D eigenvalue weighted by Crippen LogP contribution is -2.01. The van der Waals surface area contributed by atoms with Crippen molar-refractivity contribution in [2.24, 2.45) is 0 Å². The molecule has 0 radical (unpaired) electrons. The van der Waals surface area contributed by atoms with Crippen molar-refractivity contribution in [3.63, 3.8) is 0 Å². The maximum atomic E-state index is 4.04. The van der Waals surface area contributed by atoms with Gasteiger partial charge in [0.15, 0.2) is 0 Å². The second-order valence-electron chi connectivity index (χ2n) is 2.04. The Bertz CT molecular complexity index is 229. The molecule has 0 fully saturated rings. The zero-order valence-electron chi connectivity index (χ0n) is 6.17. The van der Waals surface area contributed by atoms with E-state index in [2.05, 4.69) is 31.7 Å². The summed E-state index contributed by atoms with van der Waals surface area (Å²) < 4.78 is 4.17. The van der Waals surface area contributed by atoms with Crippen LogP contribution in [0.3, 0.4) is 0 Å². The van der Waals surface area contributed by atoms with E-state index in [1.54, 1.807) is 18.1 Å². The van der Waals surface area contributed by atoms with Crippen molar-refractivity contribution in [3.05, 3.63) is 28.5 Å². The zero-order valence-corrected chi connectivity index (χ0v) is 8.58. The number of hydrogen-bond acceptors (Lipinski definition) is 3. The molecule has 2 nitrogen and oxygen atoms in total. The molecule has 0 bridgehead atoms. The molecule has 0 unspecified atom stereocenters. The molecule has 0 aromatic carbocycles. The van der Waals surface area contributed by atoms with Crippen LogP contribution in [0.1, 0.15) is 5.56 Å². The molecule has 0 aliphatic rings. The largest absolute Gasteiger partial charge is 0.263 e.